The summed E-state index contributed by atoms with van der Waals surface area (Å²) < 4.78 is 5.59. The van der Waals surface area contributed by atoms with Crippen molar-refractivity contribution in [3.8, 4) is 0 Å². The Morgan fingerprint density at radius 2 is 2.33 bits per heavy atom. The summed E-state index contributed by atoms with van der Waals surface area (Å²) in [5.74, 6) is 0. The van der Waals surface area contributed by atoms with Crippen LogP contribution in [-0.4, -0.2) is 37.9 Å². The molecule has 2 unspecified atom stereocenters. The number of piperidine rings is 1. The fourth-order valence-corrected chi connectivity index (χ4v) is 2.58. The summed E-state index contributed by atoms with van der Waals surface area (Å²) in [6, 6.07) is 0. The van der Waals surface area contributed by atoms with Crippen LogP contribution in [0.4, 0.5) is 0 Å². The van der Waals surface area contributed by atoms with Crippen molar-refractivity contribution >= 4 is 0 Å². The average molecular weight is 212 g/mol. The van der Waals surface area contributed by atoms with Gasteiger partial charge in [0.05, 0.1) is 6.10 Å². The minimum absolute atomic E-state index is 0.316. The molecule has 2 heterocycles. The summed E-state index contributed by atoms with van der Waals surface area (Å²) in [6.07, 6.45) is 6.94. The van der Waals surface area contributed by atoms with Gasteiger partial charge in [0.1, 0.15) is 0 Å². The van der Waals surface area contributed by atoms with Crippen LogP contribution in [0.2, 0.25) is 0 Å². The zero-order valence-corrected chi connectivity index (χ0v) is 9.85. The lowest BCUT2D eigenvalue weighted by Gasteiger charge is -2.35. The van der Waals surface area contributed by atoms with Crippen molar-refractivity contribution in [1.29, 1.82) is 0 Å². The van der Waals surface area contributed by atoms with Crippen molar-refractivity contribution in [1.82, 2.24) is 10.6 Å². The van der Waals surface area contributed by atoms with Gasteiger partial charge in [-0.1, -0.05) is 6.42 Å². The van der Waals surface area contributed by atoms with Crippen molar-refractivity contribution in [3.63, 3.8) is 0 Å². The van der Waals surface area contributed by atoms with E-state index in [0.29, 0.717) is 11.6 Å². The smallest absolute Gasteiger partial charge is 0.0700 e. The summed E-state index contributed by atoms with van der Waals surface area (Å²) >= 11 is 0. The molecule has 2 N–H and O–H groups in total. The van der Waals surface area contributed by atoms with Gasteiger partial charge in [-0.15, -0.1) is 0 Å². The lowest BCUT2D eigenvalue weighted by atomic mass is 9.91. The Kier molecular flexibility index (Phi) is 4.00. The van der Waals surface area contributed by atoms with Crippen LogP contribution in [0.5, 0.6) is 0 Å². The SMILES string of the molecule is CC1(CNCC2CCCO2)CCCCN1. The number of nitrogens with one attached hydrogen (secondary N) is 2. The third-order valence-electron chi connectivity index (χ3n) is 3.62. The molecule has 2 aliphatic rings. The molecule has 3 heteroatoms. The van der Waals surface area contributed by atoms with Crippen molar-refractivity contribution < 1.29 is 4.74 Å². The van der Waals surface area contributed by atoms with Crippen LogP contribution in [0.1, 0.15) is 39.0 Å². The van der Waals surface area contributed by atoms with Gasteiger partial charge in [0.15, 0.2) is 0 Å². The molecule has 0 aromatic rings. The highest BCUT2D eigenvalue weighted by atomic mass is 16.5. The molecule has 0 aliphatic carbocycles. The molecule has 0 spiro atoms. The van der Waals surface area contributed by atoms with E-state index in [9.17, 15) is 0 Å². The first-order valence-corrected chi connectivity index (χ1v) is 6.36. The van der Waals surface area contributed by atoms with E-state index in [-0.39, 0.29) is 0 Å². The normalized spacial score (nSPS) is 37.0. The van der Waals surface area contributed by atoms with Gasteiger partial charge in [0.25, 0.3) is 0 Å². The Hall–Kier alpha value is -0.120. The number of hydrogen-bond donors (Lipinski definition) is 2. The maximum absolute atomic E-state index is 5.59. The minimum atomic E-state index is 0.316. The van der Waals surface area contributed by atoms with E-state index in [1.165, 1.54) is 38.6 Å². The van der Waals surface area contributed by atoms with Crippen molar-refractivity contribution in [2.24, 2.45) is 0 Å². The molecule has 2 fully saturated rings. The first-order chi connectivity index (χ1) is 7.29. The molecule has 0 radical (unpaired) electrons. The van der Waals surface area contributed by atoms with Crippen LogP contribution < -0.4 is 10.6 Å². The highest BCUT2D eigenvalue weighted by molar-refractivity contribution is 4.88. The predicted octanol–water partition coefficient (Wildman–Crippen LogP) is 1.29. The van der Waals surface area contributed by atoms with E-state index in [4.69, 9.17) is 4.74 Å². The first kappa shape index (κ1) is 11.4. The molecule has 2 atom stereocenters. The Labute approximate surface area is 93.0 Å². The standard InChI is InChI=1S/C12H24N2O/c1-12(6-2-3-7-14-12)10-13-9-11-5-4-8-15-11/h11,13-14H,2-10H2,1H3. The molecule has 88 valence electrons. The zero-order chi connectivity index (χ0) is 10.6. The van der Waals surface area contributed by atoms with Crippen LogP contribution in [0.15, 0.2) is 0 Å². The Morgan fingerprint density at radius 3 is 3.00 bits per heavy atom. The number of hydrogen-bond acceptors (Lipinski definition) is 3. The second-order valence-corrected chi connectivity index (χ2v) is 5.21. The summed E-state index contributed by atoms with van der Waals surface area (Å²) in [6.45, 7) is 6.57. The fraction of sp³-hybridized carbons (Fsp3) is 1.00. The highest BCUT2D eigenvalue weighted by Gasteiger charge is 2.26. The maximum Gasteiger partial charge on any atom is 0.0700 e. The molecule has 0 saturated carbocycles. The molecule has 2 saturated heterocycles. The van der Waals surface area contributed by atoms with Crippen LogP contribution in [0.3, 0.4) is 0 Å². The van der Waals surface area contributed by atoms with Crippen molar-refractivity contribution in [3.05, 3.63) is 0 Å². The maximum atomic E-state index is 5.59. The van der Waals surface area contributed by atoms with Crippen LogP contribution in [0, 0.1) is 0 Å². The summed E-state index contributed by atoms with van der Waals surface area (Å²) in [5, 5.41) is 7.17. The molecule has 3 nitrogen and oxygen atoms in total. The summed E-state index contributed by atoms with van der Waals surface area (Å²) in [5.41, 5.74) is 0.316. The first-order valence-electron chi connectivity index (χ1n) is 6.36. The lowest BCUT2D eigenvalue weighted by molar-refractivity contribution is 0.107. The molecule has 2 aliphatic heterocycles. The summed E-state index contributed by atoms with van der Waals surface area (Å²) in [4.78, 5) is 0. The van der Waals surface area contributed by atoms with E-state index in [1.807, 2.05) is 0 Å². The van der Waals surface area contributed by atoms with Gasteiger partial charge in [-0.25, -0.2) is 0 Å². The molecule has 0 bridgehead atoms. The minimum Gasteiger partial charge on any atom is -0.377 e. The Balaban J connectivity index is 1.63. The third-order valence-corrected chi connectivity index (χ3v) is 3.62. The van der Waals surface area contributed by atoms with E-state index in [0.717, 1.165) is 19.7 Å². The van der Waals surface area contributed by atoms with Gasteiger partial charge in [-0.05, 0) is 39.2 Å². The number of rotatable bonds is 4. The van der Waals surface area contributed by atoms with Crippen LogP contribution in [0.25, 0.3) is 0 Å². The van der Waals surface area contributed by atoms with Gasteiger partial charge < -0.3 is 15.4 Å². The molecule has 0 amide bonds. The van der Waals surface area contributed by atoms with Crippen molar-refractivity contribution in [2.45, 2.75) is 50.7 Å². The topological polar surface area (TPSA) is 33.3 Å². The lowest BCUT2D eigenvalue weighted by Crippen LogP contribution is -2.53. The third kappa shape index (κ3) is 3.44. The zero-order valence-electron chi connectivity index (χ0n) is 9.85. The second-order valence-electron chi connectivity index (χ2n) is 5.21. The Bertz CT molecular complexity index is 184. The van der Waals surface area contributed by atoms with Gasteiger partial charge in [-0.2, -0.15) is 0 Å². The van der Waals surface area contributed by atoms with E-state index in [1.54, 1.807) is 0 Å². The largest absolute Gasteiger partial charge is 0.377 e. The van der Waals surface area contributed by atoms with Crippen molar-refractivity contribution in [2.75, 3.05) is 26.2 Å². The fourth-order valence-electron chi connectivity index (χ4n) is 2.58. The van der Waals surface area contributed by atoms with E-state index in [2.05, 4.69) is 17.6 Å². The molecule has 15 heavy (non-hydrogen) atoms. The molecule has 0 aromatic carbocycles. The Morgan fingerprint density at radius 1 is 1.40 bits per heavy atom. The predicted molar refractivity (Wildman–Crippen MR) is 62.1 cm³/mol. The summed E-state index contributed by atoms with van der Waals surface area (Å²) in [7, 11) is 0. The van der Waals surface area contributed by atoms with Gasteiger partial charge in [0.2, 0.25) is 0 Å². The molecular formula is C12H24N2O. The van der Waals surface area contributed by atoms with Gasteiger partial charge in [0, 0.05) is 25.2 Å². The monoisotopic (exact) mass is 212 g/mol. The highest BCUT2D eigenvalue weighted by Crippen LogP contribution is 2.18. The molecule has 0 aromatic heterocycles. The van der Waals surface area contributed by atoms with Crippen LogP contribution in [-0.2, 0) is 4.74 Å². The van der Waals surface area contributed by atoms with Gasteiger partial charge >= 0.3 is 0 Å². The van der Waals surface area contributed by atoms with Gasteiger partial charge in [-0.3, -0.25) is 0 Å². The number of ether oxygens (including phenoxy) is 1. The molecule has 2 rings (SSSR count). The molecular weight excluding hydrogens is 188 g/mol. The average Bonchev–Trinajstić information content (AvgIpc) is 2.71. The van der Waals surface area contributed by atoms with Crippen LogP contribution >= 0.6 is 0 Å². The van der Waals surface area contributed by atoms with E-state index < -0.39 is 0 Å². The second kappa shape index (κ2) is 5.28. The quantitative estimate of drug-likeness (QED) is 0.736. The van der Waals surface area contributed by atoms with E-state index >= 15 is 0 Å².